The third-order valence-electron chi connectivity index (χ3n) is 2.54. The molecule has 2 rings (SSSR count). The van der Waals surface area contributed by atoms with Gasteiger partial charge in [-0.1, -0.05) is 22.9 Å². The first kappa shape index (κ1) is 9.71. The average Bonchev–Trinajstić information content (AvgIpc) is 2.59. The minimum atomic E-state index is 0.214. The summed E-state index contributed by atoms with van der Waals surface area (Å²) >= 11 is 3.44. The van der Waals surface area contributed by atoms with E-state index in [1.54, 1.807) is 0 Å². The lowest BCUT2D eigenvalue weighted by atomic mass is 10.2. The molecule has 1 aromatic rings. The first-order valence-electron chi connectivity index (χ1n) is 4.81. The van der Waals surface area contributed by atoms with E-state index in [1.807, 2.05) is 24.0 Å². The van der Waals surface area contributed by atoms with Crippen molar-refractivity contribution in [3.63, 3.8) is 0 Å². The van der Waals surface area contributed by atoms with Crippen LogP contribution in [0.4, 0.5) is 5.69 Å². The summed E-state index contributed by atoms with van der Waals surface area (Å²) in [5, 5.41) is 0. The zero-order valence-corrected chi connectivity index (χ0v) is 9.67. The van der Waals surface area contributed by atoms with Gasteiger partial charge in [-0.3, -0.25) is 4.79 Å². The van der Waals surface area contributed by atoms with Crippen molar-refractivity contribution in [3.8, 4) is 0 Å². The fraction of sp³-hybridized carbons (Fsp3) is 0.364. The summed E-state index contributed by atoms with van der Waals surface area (Å²) in [6, 6.07) is 6.10. The van der Waals surface area contributed by atoms with E-state index in [0.717, 1.165) is 23.1 Å². The van der Waals surface area contributed by atoms with E-state index in [1.165, 1.54) is 5.56 Å². The van der Waals surface area contributed by atoms with Crippen LogP contribution in [0.1, 0.15) is 18.9 Å². The highest BCUT2D eigenvalue weighted by atomic mass is 79.9. The molecule has 1 heterocycles. The van der Waals surface area contributed by atoms with Crippen molar-refractivity contribution in [1.82, 2.24) is 0 Å². The Balaban J connectivity index is 2.35. The molecule has 0 radical (unpaired) electrons. The molecule has 0 bridgehead atoms. The van der Waals surface area contributed by atoms with Crippen molar-refractivity contribution in [2.75, 3.05) is 11.4 Å². The predicted octanol–water partition coefficient (Wildman–Crippen LogP) is 2.75. The SMILES string of the molecule is CCC(=O)N1CCc2cc(Br)ccc21. The Labute approximate surface area is 92.0 Å². The van der Waals surface area contributed by atoms with Gasteiger partial charge in [0.1, 0.15) is 0 Å². The molecule has 0 atom stereocenters. The molecule has 0 saturated heterocycles. The molecule has 0 aliphatic carbocycles. The number of fused-ring (bicyclic) bond motifs is 1. The molecule has 0 fully saturated rings. The highest BCUT2D eigenvalue weighted by Gasteiger charge is 2.22. The molecule has 0 saturated carbocycles. The van der Waals surface area contributed by atoms with Gasteiger partial charge in [0.05, 0.1) is 0 Å². The van der Waals surface area contributed by atoms with Crippen LogP contribution in [-0.2, 0) is 11.2 Å². The quantitative estimate of drug-likeness (QED) is 0.754. The van der Waals surface area contributed by atoms with Gasteiger partial charge in [0.25, 0.3) is 0 Å². The minimum Gasteiger partial charge on any atom is -0.312 e. The summed E-state index contributed by atoms with van der Waals surface area (Å²) in [6.45, 7) is 2.73. The van der Waals surface area contributed by atoms with Gasteiger partial charge in [0.15, 0.2) is 0 Å². The topological polar surface area (TPSA) is 20.3 Å². The fourth-order valence-corrected chi connectivity index (χ4v) is 2.23. The average molecular weight is 254 g/mol. The Bertz CT molecular complexity index is 376. The van der Waals surface area contributed by atoms with Crippen LogP contribution in [0.25, 0.3) is 0 Å². The van der Waals surface area contributed by atoms with Gasteiger partial charge in [0.2, 0.25) is 5.91 Å². The monoisotopic (exact) mass is 253 g/mol. The second kappa shape index (κ2) is 3.73. The van der Waals surface area contributed by atoms with Crippen molar-refractivity contribution < 1.29 is 4.79 Å². The summed E-state index contributed by atoms with van der Waals surface area (Å²) < 4.78 is 1.09. The number of hydrogen-bond acceptors (Lipinski definition) is 1. The van der Waals surface area contributed by atoms with E-state index in [9.17, 15) is 4.79 Å². The summed E-state index contributed by atoms with van der Waals surface area (Å²) in [5.41, 5.74) is 2.35. The second-order valence-corrected chi connectivity index (χ2v) is 4.34. The molecule has 1 aromatic carbocycles. The smallest absolute Gasteiger partial charge is 0.226 e. The summed E-state index contributed by atoms with van der Waals surface area (Å²) in [6.07, 6.45) is 1.55. The van der Waals surface area contributed by atoms with E-state index in [2.05, 4.69) is 22.0 Å². The maximum atomic E-state index is 11.6. The number of anilines is 1. The van der Waals surface area contributed by atoms with E-state index in [4.69, 9.17) is 0 Å². The molecule has 14 heavy (non-hydrogen) atoms. The first-order chi connectivity index (χ1) is 6.72. The van der Waals surface area contributed by atoms with Crippen LogP contribution in [0.5, 0.6) is 0 Å². The Morgan fingerprint density at radius 3 is 3.07 bits per heavy atom. The maximum absolute atomic E-state index is 11.6. The third kappa shape index (κ3) is 1.57. The number of halogens is 1. The highest BCUT2D eigenvalue weighted by Crippen LogP contribution is 2.30. The Hall–Kier alpha value is -0.830. The largest absolute Gasteiger partial charge is 0.312 e. The van der Waals surface area contributed by atoms with Gasteiger partial charge in [0, 0.05) is 23.1 Å². The summed E-state index contributed by atoms with van der Waals surface area (Å²) in [7, 11) is 0. The van der Waals surface area contributed by atoms with E-state index >= 15 is 0 Å². The molecule has 1 amide bonds. The molecule has 0 unspecified atom stereocenters. The van der Waals surface area contributed by atoms with Crippen LogP contribution in [0, 0.1) is 0 Å². The molecule has 0 spiro atoms. The van der Waals surface area contributed by atoms with Crippen LogP contribution in [0.2, 0.25) is 0 Å². The van der Waals surface area contributed by atoms with Gasteiger partial charge in [-0.15, -0.1) is 0 Å². The van der Waals surface area contributed by atoms with Crippen molar-refractivity contribution >= 4 is 27.5 Å². The zero-order chi connectivity index (χ0) is 10.1. The Morgan fingerprint density at radius 2 is 2.36 bits per heavy atom. The molecular formula is C11H12BrNO. The molecule has 74 valence electrons. The van der Waals surface area contributed by atoms with Crippen molar-refractivity contribution in [2.45, 2.75) is 19.8 Å². The number of carbonyl (C=O) groups excluding carboxylic acids is 1. The number of carbonyl (C=O) groups is 1. The van der Waals surface area contributed by atoms with E-state index in [0.29, 0.717) is 6.42 Å². The molecular weight excluding hydrogens is 242 g/mol. The molecule has 1 aliphatic heterocycles. The second-order valence-electron chi connectivity index (χ2n) is 3.42. The third-order valence-corrected chi connectivity index (χ3v) is 3.03. The first-order valence-corrected chi connectivity index (χ1v) is 5.60. The Morgan fingerprint density at radius 1 is 1.57 bits per heavy atom. The summed E-state index contributed by atoms with van der Waals surface area (Å²) in [5.74, 6) is 0.214. The van der Waals surface area contributed by atoms with Crippen LogP contribution in [0.3, 0.4) is 0 Å². The highest BCUT2D eigenvalue weighted by molar-refractivity contribution is 9.10. The van der Waals surface area contributed by atoms with E-state index in [-0.39, 0.29) is 5.91 Å². The van der Waals surface area contributed by atoms with Crippen molar-refractivity contribution in [1.29, 1.82) is 0 Å². The van der Waals surface area contributed by atoms with Gasteiger partial charge in [-0.25, -0.2) is 0 Å². The lowest BCUT2D eigenvalue weighted by molar-refractivity contribution is -0.118. The normalized spacial score (nSPS) is 14.3. The molecule has 3 heteroatoms. The molecule has 0 aromatic heterocycles. The number of amides is 1. The number of nitrogens with zero attached hydrogens (tertiary/aromatic N) is 1. The van der Waals surface area contributed by atoms with E-state index < -0.39 is 0 Å². The lowest BCUT2D eigenvalue weighted by Crippen LogP contribution is -2.27. The van der Waals surface area contributed by atoms with Crippen LogP contribution in [0.15, 0.2) is 22.7 Å². The minimum absolute atomic E-state index is 0.214. The Kier molecular flexibility index (Phi) is 2.59. The lowest BCUT2D eigenvalue weighted by Gasteiger charge is -2.15. The van der Waals surface area contributed by atoms with Crippen LogP contribution in [-0.4, -0.2) is 12.5 Å². The number of benzene rings is 1. The van der Waals surface area contributed by atoms with Crippen LogP contribution < -0.4 is 4.90 Å². The van der Waals surface area contributed by atoms with Gasteiger partial charge in [-0.2, -0.15) is 0 Å². The molecule has 1 aliphatic rings. The molecule has 2 nitrogen and oxygen atoms in total. The maximum Gasteiger partial charge on any atom is 0.226 e. The van der Waals surface area contributed by atoms with Gasteiger partial charge >= 0.3 is 0 Å². The predicted molar refractivity (Wildman–Crippen MR) is 60.5 cm³/mol. The van der Waals surface area contributed by atoms with Crippen molar-refractivity contribution in [3.05, 3.63) is 28.2 Å². The molecule has 0 N–H and O–H groups in total. The van der Waals surface area contributed by atoms with Gasteiger partial charge in [-0.05, 0) is 30.2 Å². The number of rotatable bonds is 1. The van der Waals surface area contributed by atoms with Crippen LogP contribution >= 0.6 is 15.9 Å². The van der Waals surface area contributed by atoms with Crippen molar-refractivity contribution in [2.24, 2.45) is 0 Å². The zero-order valence-electron chi connectivity index (χ0n) is 8.09. The standard InChI is InChI=1S/C11H12BrNO/c1-2-11(14)13-6-5-8-7-9(12)3-4-10(8)13/h3-4,7H,2,5-6H2,1H3. The number of hydrogen-bond donors (Lipinski definition) is 0. The van der Waals surface area contributed by atoms with Gasteiger partial charge < -0.3 is 4.90 Å². The summed E-state index contributed by atoms with van der Waals surface area (Å²) in [4.78, 5) is 13.5. The fourth-order valence-electron chi connectivity index (χ4n) is 1.82.